The number of carboxylic acids is 1. The van der Waals surface area contributed by atoms with Gasteiger partial charge in [-0.05, 0) is 0 Å². The van der Waals surface area contributed by atoms with Crippen LogP contribution in [0.4, 0.5) is 0 Å². The smallest absolute Gasteiger partial charge is 0.325 e. The summed E-state index contributed by atoms with van der Waals surface area (Å²) in [4.78, 5) is 14.4. The fraction of sp³-hybridized carbons (Fsp3) is 0.400. The number of nitrogens with zero attached hydrogens (tertiary/aromatic N) is 4. The average molecular weight is 315 g/mol. The number of hydrogen-bond donors (Lipinski definition) is 2. The Hall–Kier alpha value is -2.27. The van der Waals surface area contributed by atoms with E-state index in [0.29, 0.717) is 11.7 Å². The first-order valence-electron chi connectivity index (χ1n) is 5.90. The predicted molar refractivity (Wildman–Crippen MR) is 67.8 cm³/mol. The van der Waals surface area contributed by atoms with Crippen LogP contribution < -0.4 is 4.72 Å². The Morgan fingerprint density at radius 3 is 2.90 bits per heavy atom. The van der Waals surface area contributed by atoms with Crippen molar-refractivity contribution in [1.82, 2.24) is 24.6 Å². The summed E-state index contributed by atoms with van der Waals surface area (Å²) >= 11 is 0. The normalized spacial score (nSPS) is 11.7. The third-order valence-electron chi connectivity index (χ3n) is 2.43. The molecule has 0 radical (unpaired) electrons. The van der Waals surface area contributed by atoms with E-state index >= 15 is 0 Å². The van der Waals surface area contributed by atoms with E-state index in [1.54, 1.807) is 6.92 Å². The molecule has 21 heavy (non-hydrogen) atoms. The number of sulfonamides is 1. The molecule has 0 spiro atoms. The molecule has 0 aromatic carbocycles. The summed E-state index contributed by atoms with van der Waals surface area (Å²) in [5.41, 5.74) is 0. The third-order valence-corrected chi connectivity index (χ3v) is 3.84. The van der Waals surface area contributed by atoms with Gasteiger partial charge in [-0.15, -0.1) is 0 Å². The molecule has 0 unspecified atom stereocenters. The number of hydrogen-bond acceptors (Lipinski definition) is 7. The molecular weight excluding hydrogens is 302 g/mol. The highest BCUT2D eigenvalue weighted by Crippen LogP contribution is 2.07. The second kappa shape index (κ2) is 6.01. The maximum absolute atomic E-state index is 12.0. The Labute approximate surface area is 119 Å². The molecule has 2 aromatic heterocycles. The second-order valence-corrected chi connectivity index (χ2v) is 5.91. The molecule has 11 heteroatoms. The Balaban J connectivity index is 1.94. The molecule has 0 fully saturated rings. The van der Waals surface area contributed by atoms with Crippen molar-refractivity contribution >= 4 is 16.0 Å². The molecule has 0 aliphatic carbocycles. The van der Waals surface area contributed by atoms with Crippen LogP contribution in [0.2, 0.25) is 0 Å². The Morgan fingerprint density at radius 1 is 1.52 bits per heavy atom. The lowest BCUT2D eigenvalue weighted by Gasteiger charge is -2.02. The maximum atomic E-state index is 12.0. The largest absolute Gasteiger partial charge is 0.480 e. The molecule has 0 saturated carbocycles. The minimum absolute atomic E-state index is 0.0887. The quantitative estimate of drug-likeness (QED) is 0.675. The summed E-state index contributed by atoms with van der Waals surface area (Å²) < 4.78 is 32.0. The number of aryl methyl sites for hydroxylation is 1. The topological polar surface area (TPSA) is 140 Å². The first kappa shape index (κ1) is 15.1. The average Bonchev–Trinajstić information content (AvgIpc) is 2.98. The van der Waals surface area contributed by atoms with Crippen LogP contribution in [-0.2, 0) is 27.8 Å². The van der Waals surface area contributed by atoms with Crippen LogP contribution in [0.1, 0.15) is 11.7 Å². The van der Waals surface area contributed by atoms with Gasteiger partial charge in [0, 0.05) is 26.1 Å². The molecular formula is C10H13N5O5S. The van der Waals surface area contributed by atoms with Crippen molar-refractivity contribution in [1.29, 1.82) is 0 Å². The van der Waals surface area contributed by atoms with Gasteiger partial charge in [-0.25, -0.2) is 13.1 Å². The van der Waals surface area contributed by atoms with Crippen LogP contribution in [0.3, 0.4) is 0 Å². The number of carboxylic acid groups (broad SMARTS) is 1. The summed E-state index contributed by atoms with van der Waals surface area (Å²) in [5.74, 6) is -0.304. The van der Waals surface area contributed by atoms with Crippen LogP contribution >= 0.6 is 0 Å². The van der Waals surface area contributed by atoms with Crippen molar-refractivity contribution in [2.75, 3.05) is 6.54 Å². The lowest BCUT2D eigenvalue weighted by atomic mass is 10.4. The first-order chi connectivity index (χ1) is 9.87. The summed E-state index contributed by atoms with van der Waals surface area (Å²) in [6.45, 7) is 1.32. The van der Waals surface area contributed by atoms with Gasteiger partial charge in [-0.1, -0.05) is 5.16 Å². The van der Waals surface area contributed by atoms with Crippen molar-refractivity contribution in [3.63, 3.8) is 0 Å². The van der Waals surface area contributed by atoms with Gasteiger partial charge in [0.15, 0.2) is 5.82 Å². The Bertz CT molecular complexity index is 735. The van der Waals surface area contributed by atoms with Crippen molar-refractivity contribution < 1.29 is 22.8 Å². The highest BCUT2D eigenvalue weighted by atomic mass is 32.2. The zero-order valence-electron chi connectivity index (χ0n) is 11.1. The molecule has 2 N–H and O–H groups in total. The van der Waals surface area contributed by atoms with Crippen molar-refractivity contribution in [2.24, 2.45) is 0 Å². The minimum Gasteiger partial charge on any atom is -0.480 e. The van der Waals surface area contributed by atoms with Gasteiger partial charge in [0.25, 0.3) is 0 Å². The van der Waals surface area contributed by atoms with Crippen molar-refractivity contribution in [3.8, 4) is 0 Å². The molecule has 0 saturated heterocycles. The second-order valence-electron chi connectivity index (χ2n) is 4.14. The summed E-state index contributed by atoms with van der Waals surface area (Å²) in [7, 11) is -3.75. The molecule has 0 atom stereocenters. The van der Waals surface area contributed by atoms with Crippen LogP contribution in [0.5, 0.6) is 0 Å². The van der Waals surface area contributed by atoms with E-state index in [0.717, 1.165) is 17.1 Å². The zero-order chi connectivity index (χ0) is 15.5. The summed E-state index contributed by atoms with van der Waals surface area (Å²) in [6.07, 6.45) is 2.51. The van der Waals surface area contributed by atoms with Gasteiger partial charge in [0.2, 0.25) is 15.9 Å². The SMILES string of the molecule is Cc1nc(CCNS(=O)(=O)c2cnn(CC(=O)O)c2)no1. The molecule has 0 amide bonds. The molecule has 0 aliphatic heterocycles. The van der Waals surface area contributed by atoms with Crippen LogP contribution in [0, 0.1) is 6.92 Å². The Kier molecular flexibility index (Phi) is 4.33. The number of aliphatic carboxylic acids is 1. The van der Waals surface area contributed by atoms with E-state index in [-0.39, 0.29) is 17.9 Å². The van der Waals surface area contributed by atoms with Gasteiger partial charge in [0.05, 0.1) is 6.20 Å². The first-order valence-corrected chi connectivity index (χ1v) is 7.38. The Morgan fingerprint density at radius 2 is 2.29 bits per heavy atom. The van der Waals surface area contributed by atoms with E-state index in [2.05, 4.69) is 20.0 Å². The molecule has 2 heterocycles. The van der Waals surface area contributed by atoms with E-state index in [1.807, 2.05) is 0 Å². The molecule has 114 valence electrons. The number of rotatable bonds is 7. The summed E-state index contributed by atoms with van der Waals surface area (Å²) in [6, 6.07) is 0. The van der Waals surface area contributed by atoms with Crippen LogP contribution in [-0.4, -0.2) is 46.0 Å². The highest BCUT2D eigenvalue weighted by molar-refractivity contribution is 7.89. The molecule has 0 bridgehead atoms. The molecule has 2 rings (SSSR count). The molecule has 2 aromatic rings. The van der Waals surface area contributed by atoms with Gasteiger partial charge in [-0.3, -0.25) is 9.48 Å². The number of nitrogens with one attached hydrogen (secondary N) is 1. The lowest BCUT2D eigenvalue weighted by Crippen LogP contribution is -2.26. The monoisotopic (exact) mass is 315 g/mol. The van der Waals surface area contributed by atoms with E-state index in [1.165, 1.54) is 0 Å². The van der Waals surface area contributed by atoms with Crippen LogP contribution in [0.25, 0.3) is 0 Å². The van der Waals surface area contributed by atoms with E-state index in [9.17, 15) is 13.2 Å². The fourth-order valence-corrected chi connectivity index (χ4v) is 2.52. The van der Waals surface area contributed by atoms with Gasteiger partial charge < -0.3 is 9.63 Å². The van der Waals surface area contributed by atoms with Crippen molar-refractivity contribution in [2.45, 2.75) is 24.8 Å². The summed E-state index contributed by atoms with van der Waals surface area (Å²) in [5, 5.41) is 15.9. The minimum atomic E-state index is -3.75. The third kappa shape index (κ3) is 4.10. The number of carbonyl (C=O) groups is 1. The van der Waals surface area contributed by atoms with Crippen LogP contribution in [0.15, 0.2) is 21.8 Å². The predicted octanol–water partition coefficient (Wildman–Crippen LogP) is -0.820. The van der Waals surface area contributed by atoms with Crippen molar-refractivity contribution in [3.05, 3.63) is 24.1 Å². The standard InChI is InChI=1S/C10H13N5O5S/c1-7-13-9(14-20-7)2-3-12-21(18,19)8-4-11-15(5-8)6-10(16)17/h4-5,12H,2-3,6H2,1H3,(H,16,17). The fourth-order valence-electron chi connectivity index (χ4n) is 1.53. The highest BCUT2D eigenvalue weighted by Gasteiger charge is 2.17. The maximum Gasteiger partial charge on any atom is 0.325 e. The van der Waals surface area contributed by atoms with E-state index < -0.39 is 22.5 Å². The zero-order valence-corrected chi connectivity index (χ0v) is 11.9. The molecule has 0 aliphatic rings. The molecule has 10 nitrogen and oxygen atoms in total. The van der Waals surface area contributed by atoms with Gasteiger partial charge in [-0.2, -0.15) is 10.1 Å². The van der Waals surface area contributed by atoms with Gasteiger partial charge in [0.1, 0.15) is 11.4 Å². The number of aromatic nitrogens is 4. The van der Waals surface area contributed by atoms with Gasteiger partial charge >= 0.3 is 5.97 Å². The van der Waals surface area contributed by atoms with E-state index in [4.69, 9.17) is 9.63 Å². The lowest BCUT2D eigenvalue weighted by molar-refractivity contribution is -0.137.